The number of phenolic OH excluding ortho intramolecular Hbond substituents is 1. The highest BCUT2D eigenvalue weighted by Gasteiger charge is 2.44. The third-order valence-electron chi connectivity index (χ3n) is 12.7. The van der Waals surface area contributed by atoms with Crippen LogP contribution in [0.3, 0.4) is 0 Å². The average molecular weight is 915 g/mol. The van der Waals surface area contributed by atoms with Gasteiger partial charge in [-0.3, -0.25) is 33.6 Å². The quantitative estimate of drug-likeness (QED) is 0.0881. The highest BCUT2D eigenvalue weighted by molar-refractivity contribution is 5.98. The molecule has 0 radical (unpaired) electrons. The van der Waals surface area contributed by atoms with E-state index >= 15 is 0 Å². The first-order chi connectivity index (χ1) is 31.5. The molecule has 0 aromatic heterocycles. The van der Waals surface area contributed by atoms with E-state index in [1.807, 2.05) is 6.92 Å². The molecule has 0 saturated carbocycles. The maximum absolute atomic E-state index is 14.4. The van der Waals surface area contributed by atoms with Crippen LogP contribution in [0.5, 0.6) is 5.75 Å². The summed E-state index contributed by atoms with van der Waals surface area (Å²) in [6, 6.07) is 7.17. The van der Waals surface area contributed by atoms with E-state index in [0.29, 0.717) is 69.3 Å². The molecular formula is C48H66N8O10. The van der Waals surface area contributed by atoms with Gasteiger partial charge in [0.2, 0.25) is 41.4 Å². The van der Waals surface area contributed by atoms with E-state index in [1.54, 1.807) is 74.2 Å². The highest BCUT2D eigenvalue weighted by Crippen LogP contribution is 2.27. The SMILES string of the molecule is CC[C@H](C)[C@H](NC(=O)[C@@H]1CCCN1C(=O)[C@@H]1CCCN1C(=O)CCCN)C(=O)N[C@H](C(=O)N1CC=C[C@H]1C(=O)N[C@@H](Cc1ccc(O)cc1)C(=O)N[C@@H](Cc1ccccc1)C(=O)O)C(C)C. The van der Waals surface area contributed by atoms with Gasteiger partial charge in [-0.25, -0.2) is 4.79 Å². The summed E-state index contributed by atoms with van der Waals surface area (Å²) >= 11 is 0. The van der Waals surface area contributed by atoms with E-state index in [9.17, 15) is 48.6 Å². The van der Waals surface area contributed by atoms with Crippen molar-refractivity contribution in [1.29, 1.82) is 0 Å². The van der Waals surface area contributed by atoms with Gasteiger partial charge in [0.25, 0.3) is 0 Å². The molecule has 2 aromatic rings. The summed E-state index contributed by atoms with van der Waals surface area (Å²) in [6.07, 6.45) is 6.39. The van der Waals surface area contributed by atoms with Crippen LogP contribution in [-0.4, -0.2) is 141 Å². The van der Waals surface area contributed by atoms with Crippen molar-refractivity contribution >= 4 is 47.3 Å². The van der Waals surface area contributed by atoms with Gasteiger partial charge in [-0.15, -0.1) is 0 Å². The highest BCUT2D eigenvalue weighted by atomic mass is 16.4. The molecule has 66 heavy (non-hydrogen) atoms. The van der Waals surface area contributed by atoms with E-state index in [1.165, 1.54) is 28.0 Å². The van der Waals surface area contributed by atoms with Crippen molar-refractivity contribution in [3.63, 3.8) is 0 Å². The Morgan fingerprint density at radius 3 is 2.00 bits per heavy atom. The predicted octanol–water partition coefficient (Wildman–Crippen LogP) is 1.39. The standard InChI is InChI=1S/C48H66N8O10/c1-5-30(4)41(53-44(61)37-16-10-25-55(37)46(63)38-17-12-24-54(38)39(58)18-9-23-49)45(62)52-40(29(2)3)47(64)56-26-11-15-36(56)43(60)50-34(27-32-19-21-33(57)22-20-32)42(59)51-35(48(65)66)28-31-13-7-6-8-14-31/h6-8,11,13-15,19-22,29-30,34-38,40-41,57H,5,9-10,12,16-18,23-28,49H2,1-4H3,(H,50,60)(H,51,59)(H,52,62)(H,53,61)(H,65,66)/t30-,34-,35-,36-,37-,38-,40-,41-/m0/s1. The predicted molar refractivity (Wildman–Crippen MR) is 244 cm³/mol. The molecular weight excluding hydrogens is 849 g/mol. The second kappa shape index (κ2) is 23.8. The lowest BCUT2D eigenvalue weighted by atomic mass is 9.95. The summed E-state index contributed by atoms with van der Waals surface area (Å²) in [4.78, 5) is 114. The van der Waals surface area contributed by atoms with Crippen molar-refractivity contribution in [3.8, 4) is 5.75 Å². The molecule has 18 heteroatoms. The van der Waals surface area contributed by atoms with Crippen molar-refractivity contribution in [2.75, 3.05) is 26.2 Å². The van der Waals surface area contributed by atoms with Gasteiger partial charge >= 0.3 is 5.97 Å². The Labute approximate surface area is 386 Å². The van der Waals surface area contributed by atoms with Gasteiger partial charge in [0, 0.05) is 38.9 Å². The van der Waals surface area contributed by atoms with Gasteiger partial charge in [-0.1, -0.05) is 88.7 Å². The summed E-state index contributed by atoms with van der Waals surface area (Å²) in [5.41, 5.74) is 6.84. The molecule has 5 rings (SSSR count). The number of phenols is 1. The number of hydrogen-bond acceptors (Lipinski definition) is 10. The first kappa shape index (κ1) is 50.7. The lowest BCUT2D eigenvalue weighted by molar-refractivity contribution is -0.147. The number of likely N-dealkylation sites (tertiary alicyclic amines) is 2. The lowest BCUT2D eigenvalue weighted by Crippen LogP contribution is -2.61. The largest absolute Gasteiger partial charge is 0.508 e. The maximum atomic E-state index is 14.4. The van der Waals surface area contributed by atoms with Gasteiger partial charge in [-0.2, -0.15) is 0 Å². The number of hydrogen-bond donors (Lipinski definition) is 7. The summed E-state index contributed by atoms with van der Waals surface area (Å²) in [5.74, 6) is -5.78. The molecule has 2 aromatic carbocycles. The van der Waals surface area contributed by atoms with E-state index in [4.69, 9.17) is 5.73 Å². The third-order valence-corrected chi connectivity index (χ3v) is 12.7. The fourth-order valence-corrected chi connectivity index (χ4v) is 8.73. The topological polar surface area (TPSA) is 261 Å². The molecule has 0 unspecified atom stereocenters. The molecule has 0 spiro atoms. The number of carbonyl (C=O) groups excluding carboxylic acids is 7. The molecule has 358 valence electrons. The van der Waals surface area contributed by atoms with Gasteiger partial charge in [0.1, 0.15) is 48.0 Å². The molecule has 0 bridgehead atoms. The molecule has 8 atom stereocenters. The zero-order valence-electron chi connectivity index (χ0n) is 38.3. The summed E-state index contributed by atoms with van der Waals surface area (Å²) in [7, 11) is 0. The number of benzene rings is 2. The zero-order valence-corrected chi connectivity index (χ0v) is 38.3. The number of carboxylic acid groups (broad SMARTS) is 1. The van der Waals surface area contributed by atoms with Gasteiger partial charge in [0.15, 0.2) is 0 Å². The zero-order chi connectivity index (χ0) is 48.1. The first-order valence-electron chi connectivity index (χ1n) is 23.1. The van der Waals surface area contributed by atoms with Crippen molar-refractivity contribution in [3.05, 3.63) is 77.9 Å². The van der Waals surface area contributed by atoms with Gasteiger partial charge in [-0.05, 0) is 73.7 Å². The van der Waals surface area contributed by atoms with Crippen molar-refractivity contribution in [2.24, 2.45) is 17.6 Å². The van der Waals surface area contributed by atoms with E-state index in [2.05, 4.69) is 21.3 Å². The van der Waals surface area contributed by atoms with Crippen LogP contribution in [0.15, 0.2) is 66.7 Å². The number of nitrogens with two attached hydrogens (primary N) is 1. The van der Waals surface area contributed by atoms with Crippen LogP contribution in [-0.2, 0) is 51.2 Å². The lowest BCUT2D eigenvalue weighted by Gasteiger charge is -2.34. The minimum absolute atomic E-state index is 0.0110. The third kappa shape index (κ3) is 12.9. The first-order valence-corrected chi connectivity index (χ1v) is 23.1. The van der Waals surface area contributed by atoms with Crippen LogP contribution in [0.4, 0.5) is 0 Å². The number of nitrogens with zero attached hydrogens (tertiary/aromatic N) is 3. The Bertz CT molecular complexity index is 2080. The van der Waals surface area contributed by atoms with Crippen LogP contribution in [0.2, 0.25) is 0 Å². The molecule has 3 aliphatic heterocycles. The average Bonchev–Trinajstić information content (AvgIpc) is 4.11. The van der Waals surface area contributed by atoms with Crippen LogP contribution in [0.1, 0.15) is 83.8 Å². The molecule has 3 aliphatic rings. The van der Waals surface area contributed by atoms with Crippen molar-refractivity contribution in [2.45, 2.75) is 128 Å². The fourth-order valence-electron chi connectivity index (χ4n) is 8.73. The summed E-state index contributed by atoms with van der Waals surface area (Å²) < 4.78 is 0. The Morgan fingerprint density at radius 2 is 1.36 bits per heavy atom. The molecule has 3 heterocycles. The molecule has 18 nitrogen and oxygen atoms in total. The van der Waals surface area contributed by atoms with Crippen LogP contribution in [0.25, 0.3) is 0 Å². The van der Waals surface area contributed by atoms with E-state index in [0.717, 1.165) is 0 Å². The summed E-state index contributed by atoms with van der Waals surface area (Å²) in [5, 5.41) is 30.9. The Balaban J connectivity index is 1.28. The molecule has 8 N–H and O–H groups in total. The number of nitrogens with one attached hydrogen (secondary N) is 4. The Hall–Kier alpha value is -6.30. The van der Waals surface area contributed by atoms with Crippen LogP contribution >= 0.6 is 0 Å². The van der Waals surface area contributed by atoms with Crippen LogP contribution < -0.4 is 27.0 Å². The second-order valence-electron chi connectivity index (χ2n) is 17.8. The monoisotopic (exact) mass is 914 g/mol. The normalized spacial score (nSPS) is 20.3. The maximum Gasteiger partial charge on any atom is 0.326 e. The summed E-state index contributed by atoms with van der Waals surface area (Å²) in [6.45, 7) is 8.30. The minimum atomic E-state index is -1.32. The van der Waals surface area contributed by atoms with Crippen LogP contribution in [0, 0.1) is 11.8 Å². The number of carboxylic acids is 1. The smallest absolute Gasteiger partial charge is 0.326 e. The fraction of sp³-hybridized carbons (Fsp3) is 0.542. The van der Waals surface area contributed by atoms with Gasteiger partial charge in [0.05, 0.1) is 0 Å². The number of rotatable bonds is 21. The Morgan fingerprint density at radius 1 is 0.727 bits per heavy atom. The number of aromatic hydroxyl groups is 1. The van der Waals surface area contributed by atoms with Crippen molar-refractivity contribution in [1.82, 2.24) is 36.0 Å². The minimum Gasteiger partial charge on any atom is -0.508 e. The Kier molecular flexibility index (Phi) is 18.2. The van der Waals surface area contributed by atoms with Gasteiger partial charge < -0.3 is 51.9 Å². The molecule has 0 aliphatic carbocycles. The molecule has 2 fully saturated rings. The van der Waals surface area contributed by atoms with E-state index in [-0.39, 0.29) is 49.3 Å². The van der Waals surface area contributed by atoms with E-state index < -0.39 is 83.7 Å². The molecule has 2 saturated heterocycles. The number of aliphatic carboxylic acids is 1. The number of carbonyl (C=O) groups is 8. The molecule has 7 amide bonds. The number of amides is 7. The van der Waals surface area contributed by atoms with Crippen molar-refractivity contribution < 1.29 is 48.6 Å². The second-order valence-corrected chi connectivity index (χ2v) is 17.8.